The summed E-state index contributed by atoms with van der Waals surface area (Å²) in [6, 6.07) is 39.6. The van der Waals surface area contributed by atoms with E-state index < -0.39 is 31.6 Å². The lowest BCUT2D eigenvalue weighted by atomic mass is 9.82. The minimum Gasteiger partial charge on any atom is -0.454 e. The molecule has 4 heterocycles. The van der Waals surface area contributed by atoms with Crippen molar-refractivity contribution in [1.82, 2.24) is 15.0 Å². The SMILES string of the molecule is C[C@H]1[C@H]([Si](C)(C)F)[C@@H](CCn2cc(C(CO)c3ccccc3)nn2)O[C@]12C(=O)N(Cc1ccccc1)c1ccc(N3C(=O)c4ccccc4Oc4ccccc43)cc12. The highest BCUT2D eigenvalue weighted by atomic mass is 28.4. The average molecular weight is 794 g/mol. The Morgan fingerprint density at radius 3 is 2.29 bits per heavy atom. The third-order valence-electron chi connectivity index (χ3n) is 12.0. The topological polar surface area (TPSA) is 110 Å². The van der Waals surface area contributed by atoms with Crippen molar-refractivity contribution < 1.29 is 28.3 Å². The average Bonchev–Trinajstić information content (AvgIpc) is 3.86. The molecule has 58 heavy (non-hydrogen) atoms. The summed E-state index contributed by atoms with van der Waals surface area (Å²) in [5, 5.41) is 19.0. The number of nitrogens with zero attached hydrogens (tertiary/aromatic N) is 5. The number of anilines is 3. The van der Waals surface area contributed by atoms with Crippen LogP contribution in [0.5, 0.6) is 11.5 Å². The van der Waals surface area contributed by atoms with E-state index in [1.165, 1.54) is 0 Å². The fraction of sp³-hybridized carbons (Fsp3) is 0.261. The van der Waals surface area contributed by atoms with Crippen LogP contribution in [0.2, 0.25) is 18.6 Å². The predicted octanol–water partition coefficient (Wildman–Crippen LogP) is 8.90. The molecule has 0 saturated carbocycles. The molecule has 1 fully saturated rings. The highest BCUT2D eigenvalue weighted by Crippen LogP contribution is 2.61. The smallest absolute Gasteiger partial charge is 0.266 e. The number of aryl methyl sites for hydroxylation is 1. The van der Waals surface area contributed by atoms with Gasteiger partial charge in [-0.05, 0) is 73.1 Å². The molecule has 1 spiro atoms. The van der Waals surface area contributed by atoms with Crippen LogP contribution in [-0.2, 0) is 28.2 Å². The maximum absolute atomic E-state index is 16.8. The van der Waals surface area contributed by atoms with Crippen LogP contribution in [0.15, 0.2) is 134 Å². The molecular formula is C46H44FN5O5Si. The molecule has 0 bridgehead atoms. The van der Waals surface area contributed by atoms with Gasteiger partial charge in [-0.3, -0.25) is 19.2 Å². The summed E-state index contributed by atoms with van der Waals surface area (Å²) in [6.07, 6.45) is 1.56. The molecule has 3 aliphatic heterocycles. The number of hydrogen-bond donors (Lipinski definition) is 1. The quantitative estimate of drug-likeness (QED) is 0.109. The molecule has 1 aromatic heterocycles. The summed E-state index contributed by atoms with van der Waals surface area (Å²) >= 11 is 0. The molecule has 6 aromatic rings. The molecule has 1 unspecified atom stereocenters. The van der Waals surface area contributed by atoms with E-state index in [-0.39, 0.29) is 30.9 Å². The molecule has 5 atom stereocenters. The van der Waals surface area contributed by atoms with Crippen molar-refractivity contribution in [3.05, 3.63) is 162 Å². The molecule has 10 nitrogen and oxygen atoms in total. The van der Waals surface area contributed by atoms with Crippen molar-refractivity contribution in [2.75, 3.05) is 16.4 Å². The van der Waals surface area contributed by atoms with Gasteiger partial charge in [0, 0.05) is 35.5 Å². The summed E-state index contributed by atoms with van der Waals surface area (Å²) in [7, 11) is -3.50. The molecule has 294 valence electrons. The summed E-state index contributed by atoms with van der Waals surface area (Å²) in [6.45, 7) is 5.83. The van der Waals surface area contributed by atoms with Crippen molar-refractivity contribution in [3.63, 3.8) is 0 Å². The number of fused-ring (bicyclic) bond motifs is 4. The summed E-state index contributed by atoms with van der Waals surface area (Å²) < 4.78 is 31.9. The minimum absolute atomic E-state index is 0.130. The van der Waals surface area contributed by atoms with Crippen LogP contribution in [-0.4, -0.2) is 53.0 Å². The van der Waals surface area contributed by atoms with Crippen molar-refractivity contribution in [2.45, 2.75) is 62.7 Å². The number of aromatic nitrogens is 3. The van der Waals surface area contributed by atoms with Gasteiger partial charge in [0.2, 0.25) is 8.41 Å². The Balaban J connectivity index is 1.12. The number of hydrogen-bond acceptors (Lipinski definition) is 7. The Morgan fingerprint density at radius 2 is 1.55 bits per heavy atom. The lowest BCUT2D eigenvalue weighted by molar-refractivity contribution is -0.146. The Hall–Kier alpha value is -5.95. The van der Waals surface area contributed by atoms with Crippen molar-refractivity contribution in [2.24, 2.45) is 5.92 Å². The van der Waals surface area contributed by atoms with Gasteiger partial charge in [0.1, 0.15) is 5.75 Å². The number of ether oxygens (including phenoxy) is 2. The number of carbonyl (C=O) groups excluding carboxylic acids is 2. The van der Waals surface area contributed by atoms with Crippen molar-refractivity contribution in [3.8, 4) is 11.5 Å². The Morgan fingerprint density at radius 1 is 0.862 bits per heavy atom. The Labute approximate surface area is 337 Å². The molecule has 1 N–H and O–H groups in total. The van der Waals surface area contributed by atoms with E-state index in [0.29, 0.717) is 58.3 Å². The van der Waals surface area contributed by atoms with Crippen molar-refractivity contribution in [1.29, 1.82) is 0 Å². The van der Waals surface area contributed by atoms with E-state index in [4.69, 9.17) is 9.47 Å². The van der Waals surface area contributed by atoms with Gasteiger partial charge in [-0.1, -0.05) is 97.1 Å². The first kappa shape index (κ1) is 37.6. The number of benzene rings is 5. The molecule has 9 rings (SSSR count). The monoisotopic (exact) mass is 793 g/mol. The lowest BCUT2D eigenvalue weighted by Gasteiger charge is -2.31. The van der Waals surface area contributed by atoms with Crippen LogP contribution >= 0.6 is 0 Å². The fourth-order valence-electron chi connectivity index (χ4n) is 9.33. The zero-order valence-electron chi connectivity index (χ0n) is 32.5. The molecule has 3 aliphatic rings. The van der Waals surface area contributed by atoms with Crippen LogP contribution in [0.3, 0.4) is 0 Å². The third kappa shape index (κ3) is 6.32. The standard InChI is InChI=1S/C46H44FN5O5Si/c1-30-43(58(2,3)47)42(24-25-50-28-37(48-49-50)35(29-53)32-16-8-5-9-17-32)57-46(30)36-26-33(22-23-38(36)51(45(46)55)27-31-14-6-4-7-15-31)52-39-19-11-13-21-41(39)56-40-20-12-10-18-34(40)44(52)54/h4-23,26,28,30,35,42-43,53H,24-25,27,29H2,1-3H3/t30-,35?,42+,43-,46+/m0/s1. The van der Waals surface area contributed by atoms with E-state index in [0.717, 1.165) is 11.1 Å². The number of aliphatic hydroxyl groups is 1. The van der Waals surface area contributed by atoms with E-state index in [2.05, 4.69) is 10.3 Å². The first-order valence-electron chi connectivity index (χ1n) is 19.7. The fourth-order valence-corrected chi connectivity index (χ4v) is 11.9. The second-order valence-corrected chi connectivity index (χ2v) is 19.7. The van der Waals surface area contributed by atoms with Crippen molar-refractivity contribution >= 4 is 37.3 Å². The zero-order chi connectivity index (χ0) is 40.2. The predicted molar refractivity (Wildman–Crippen MR) is 222 cm³/mol. The molecule has 12 heteroatoms. The second kappa shape index (κ2) is 14.8. The Kier molecular flexibility index (Phi) is 9.58. The Bertz CT molecular complexity index is 2490. The summed E-state index contributed by atoms with van der Waals surface area (Å²) in [4.78, 5) is 33.1. The van der Waals surface area contributed by atoms with Crippen LogP contribution < -0.4 is 14.5 Å². The number of carbonyl (C=O) groups is 2. The third-order valence-corrected chi connectivity index (χ3v) is 14.4. The second-order valence-electron chi connectivity index (χ2n) is 15.9. The van der Waals surface area contributed by atoms with Crippen LogP contribution in [0.25, 0.3) is 0 Å². The maximum Gasteiger partial charge on any atom is 0.266 e. The van der Waals surface area contributed by atoms with Gasteiger partial charge in [0.25, 0.3) is 11.8 Å². The van der Waals surface area contributed by atoms with Gasteiger partial charge in [-0.25, -0.2) is 0 Å². The summed E-state index contributed by atoms with van der Waals surface area (Å²) in [5.74, 6) is -0.466. The summed E-state index contributed by atoms with van der Waals surface area (Å²) in [5.41, 5.74) is 3.16. The highest BCUT2D eigenvalue weighted by molar-refractivity contribution is 6.72. The molecule has 5 aromatic carbocycles. The molecule has 0 radical (unpaired) electrons. The highest BCUT2D eigenvalue weighted by Gasteiger charge is 2.66. The van der Waals surface area contributed by atoms with Gasteiger partial charge in [0.05, 0.1) is 47.8 Å². The first-order valence-corrected chi connectivity index (χ1v) is 22.7. The van der Waals surface area contributed by atoms with E-state index in [9.17, 15) is 9.90 Å². The minimum atomic E-state index is -3.50. The largest absolute Gasteiger partial charge is 0.454 e. The number of rotatable bonds is 10. The number of aliphatic hydroxyl groups excluding tert-OH is 1. The maximum atomic E-state index is 16.8. The first-order chi connectivity index (χ1) is 28.1. The van der Waals surface area contributed by atoms with E-state index in [1.807, 2.05) is 122 Å². The molecule has 1 saturated heterocycles. The van der Waals surface area contributed by atoms with E-state index >= 15 is 8.90 Å². The zero-order valence-corrected chi connectivity index (χ0v) is 33.5. The van der Waals surface area contributed by atoms with Crippen LogP contribution in [0.4, 0.5) is 21.2 Å². The molecular weight excluding hydrogens is 750 g/mol. The van der Waals surface area contributed by atoms with Gasteiger partial charge >= 0.3 is 0 Å². The van der Waals surface area contributed by atoms with Gasteiger partial charge in [-0.2, -0.15) is 0 Å². The van der Waals surface area contributed by atoms with Gasteiger partial charge in [-0.15, -0.1) is 5.10 Å². The number of amides is 2. The van der Waals surface area contributed by atoms with E-state index in [1.54, 1.807) is 45.8 Å². The molecule has 0 aliphatic carbocycles. The van der Waals surface area contributed by atoms with Crippen LogP contribution in [0, 0.1) is 5.92 Å². The number of halogens is 1. The van der Waals surface area contributed by atoms with Gasteiger partial charge in [0.15, 0.2) is 11.4 Å². The number of para-hydroxylation sites is 3. The lowest BCUT2D eigenvalue weighted by Crippen LogP contribution is -2.45. The van der Waals surface area contributed by atoms with Gasteiger partial charge < -0.3 is 23.6 Å². The molecule has 2 amide bonds. The van der Waals surface area contributed by atoms with Crippen LogP contribution in [0.1, 0.15) is 52.0 Å². The normalized spacial score (nSPS) is 21.7.